The molecule has 0 spiro atoms. The number of nitrogens with two attached hydrogens (primary N) is 1. The van der Waals surface area contributed by atoms with Crippen LogP contribution in [0.25, 0.3) is 11.5 Å². The molecule has 112 valence electrons. The van der Waals surface area contributed by atoms with E-state index in [2.05, 4.69) is 15.1 Å². The highest BCUT2D eigenvalue weighted by molar-refractivity contribution is 5.56. The van der Waals surface area contributed by atoms with Gasteiger partial charge in [0.05, 0.1) is 0 Å². The lowest BCUT2D eigenvalue weighted by Crippen LogP contribution is -2.19. The monoisotopic (exact) mass is 288 g/mol. The number of rotatable bonds is 4. The van der Waals surface area contributed by atoms with Crippen molar-refractivity contribution in [2.45, 2.75) is 38.2 Å². The van der Waals surface area contributed by atoms with E-state index < -0.39 is 0 Å². The molecule has 1 saturated carbocycles. The van der Waals surface area contributed by atoms with E-state index in [4.69, 9.17) is 15.0 Å². The van der Waals surface area contributed by atoms with Crippen molar-refractivity contribution in [1.82, 2.24) is 15.1 Å². The van der Waals surface area contributed by atoms with Gasteiger partial charge >= 0.3 is 0 Å². The van der Waals surface area contributed by atoms with E-state index in [0.29, 0.717) is 23.5 Å². The van der Waals surface area contributed by atoms with E-state index in [9.17, 15) is 0 Å². The highest BCUT2D eigenvalue weighted by Gasteiger charge is 2.29. The van der Waals surface area contributed by atoms with Gasteiger partial charge in [-0.15, -0.1) is 0 Å². The van der Waals surface area contributed by atoms with Crippen LogP contribution in [0.3, 0.4) is 0 Å². The Morgan fingerprint density at radius 3 is 2.86 bits per heavy atom. The van der Waals surface area contributed by atoms with Crippen LogP contribution in [0, 0.1) is 5.92 Å². The van der Waals surface area contributed by atoms with Crippen molar-refractivity contribution < 1.29 is 9.26 Å². The molecule has 1 unspecified atom stereocenters. The molecule has 3 rings (SSSR count). The van der Waals surface area contributed by atoms with Crippen LogP contribution < -0.4 is 5.73 Å². The second kappa shape index (κ2) is 6.22. The highest BCUT2D eigenvalue weighted by Crippen LogP contribution is 2.35. The summed E-state index contributed by atoms with van der Waals surface area (Å²) >= 11 is 0. The minimum absolute atomic E-state index is 0.0954. The number of pyridine rings is 1. The first-order valence-electron chi connectivity index (χ1n) is 7.36. The van der Waals surface area contributed by atoms with Gasteiger partial charge in [-0.25, -0.2) is 4.98 Å². The molecule has 2 aromatic heterocycles. The Kier molecular flexibility index (Phi) is 4.15. The van der Waals surface area contributed by atoms with Crippen LogP contribution in [0.2, 0.25) is 0 Å². The van der Waals surface area contributed by atoms with Crippen LogP contribution in [0.1, 0.15) is 44.0 Å². The van der Waals surface area contributed by atoms with E-state index in [1.807, 2.05) is 0 Å². The summed E-state index contributed by atoms with van der Waals surface area (Å²) in [6.45, 7) is 0. The summed E-state index contributed by atoms with van der Waals surface area (Å²) in [5.74, 6) is 1.98. The number of anilines is 1. The Bertz CT molecular complexity index is 593. The van der Waals surface area contributed by atoms with E-state index in [-0.39, 0.29) is 6.10 Å². The Hall–Kier alpha value is -1.95. The fraction of sp³-hybridized carbons (Fsp3) is 0.533. The van der Waals surface area contributed by atoms with Crippen LogP contribution in [0.15, 0.2) is 22.9 Å². The molecule has 0 saturated heterocycles. The molecule has 2 N–H and O–H groups in total. The molecule has 6 nitrogen and oxygen atoms in total. The van der Waals surface area contributed by atoms with Crippen LogP contribution >= 0.6 is 0 Å². The highest BCUT2D eigenvalue weighted by atomic mass is 16.5. The number of aromatic nitrogens is 3. The van der Waals surface area contributed by atoms with Gasteiger partial charge in [-0.2, -0.15) is 4.98 Å². The summed E-state index contributed by atoms with van der Waals surface area (Å²) in [5, 5.41) is 4.10. The van der Waals surface area contributed by atoms with Gasteiger partial charge in [0.25, 0.3) is 5.89 Å². The maximum atomic E-state index is 5.68. The molecule has 21 heavy (non-hydrogen) atoms. The number of hydrogen-bond acceptors (Lipinski definition) is 6. The van der Waals surface area contributed by atoms with Gasteiger partial charge in [-0.1, -0.05) is 24.4 Å². The summed E-state index contributed by atoms with van der Waals surface area (Å²) in [6, 6.07) is 3.52. The van der Waals surface area contributed by atoms with Gasteiger partial charge in [0.2, 0.25) is 5.82 Å². The van der Waals surface area contributed by atoms with Crippen molar-refractivity contribution >= 4 is 5.82 Å². The van der Waals surface area contributed by atoms with E-state index in [1.165, 1.54) is 19.3 Å². The molecule has 0 aliphatic heterocycles. The third-order valence-corrected chi connectivity index (χ3v) is 4.06. The lowest BCUT2D eigenvalue weighted by molar-refractivity contribution is 0.0274. The molecule has 1 fully saturated rings. The topological polar surface area (TPSA) is 87.1 Å². The number of hydrogen-bond donors (Lipinski definition) is 1. The molecule has 6 heteroatoms. The SMILES string of the molecule is COC(c1noc(-c2ccnc(N)c2)n1)C1CCCCC1. The van der Waals surface area contributed by atoms with Gasteiger partial charge in [0, 0.05) is 18.9 Å². The predicted octanol–water partition coefficient (Wildman–Crippen LogP) is 2.98. The largest absolute Gasteiger partial charge is 0.384 e. The van der Waals surface area contributed by atoms with Gasteiger partial charge in [0.1, 0.15) is 11.9 Å². The maximum absolute atomic E-state index is 5.68. The first-order chi connectivity index (χ1) is 10.3. The smallest absolute Gasteiger partial charge is 0.258 e. The lowest BCUT2D eigenvalue weighted by atomic mass is 9.85. The third kappa shape index (κ3) is 3.05. The molecule has 0 bridgehead atoms. The Morgan fingerprint density at radius 2 is 2.14 bits per heavy atom. The van der Waals surface area contributed by atoms with Crippen LogP contribution in [-0.4, -0.2) is 22.2 Å². The Morgan fingerprint density at radius 1 is 1.33 bits per heavy atom. The Balaban J connectivity index is 1.82. The molecule has 2 heterocycles. The average Bonchev–Trinajstić information content (AvgIpc) is 2.99. The first-order valence-corrected chi connectivity index (χ1v) is 7.36. The van der Waals surface area contributed by atoms with Gasteiger partial charge < -0.3 is 15.0 Å². The van der Waals surface area contributed by atoms with Crippen molar-refractivity contribution in [1.29, 1.82) is 0 Å². The molecule has 1 aliphatic carbocycles. The van der Waals surface area contributed by atoms with Crippen molar-refractivity contribution in [2.75, 3.05) is 12.8 Å². The minimum atomic E-state index is -0.0954. The number of nitrogens with zero attached hydrogens (tertiary/aromatic N) is 3. The fourth-order valence-electron chi connectivity index (χ4n) is 2.99. The summed E-state index contributed by atoms with van der Waals surface area (Å²) < 4.78 is 11.0. The zero-order chi connectivity index (χ0) is 14.7. The number of nitrogen functional groups attached to an aromatic ring is 1. The van der Waals surface area contributed by atoms with Crippen molar-refractivity contribution in [3.63, 3.8) is 0 Å². The molecule has 0 aromatic carbocycles. The summed E-state index contributed by atoms with van der Waals surface area (Å²) in [7, 11) is 1.71. The predicted molar refractivity (Wildman–Crippen MR) is 78.3 cm³/mol. The zero-order valence-corrected chi connectivity index (χ0v) is 12.2. The number of ether oxygens (including phenoxy) is 1. The molecular formula is C15H20N4O2. The lowest BCUT2D eigenvalue weighted by Gasteiger charge is -2.26. The second-order valence-corrected chi connectivity index (χ2v) is 5.48. The first kappa shape index (κ1) is 14.0. The number of methoxy groups -OCH3 is 1. The normalized spacial score (nSPS) is 17.8. The second-order valence-electron chi connectivity index (χ2n) is 5.48. The van der Waals surface area contributed by atoms with E-state index in [1.54, 1.807) is 25.4 Å². The summed E-state index contributed by atoms with van der Waals surface area (Å²) in [4.78, 5) is 8.44. The summed E-state index contributed by atoms with van der Waals surface area (Å²) in [5.41, 5.74) is 6.46. The molecule has 0 radical (unpaired) electrons. The summed E-state index contributed by atoms with van der Waals surface area (Å²) in [6.07, 6.45) is 7.65. The van der Waals surface area contributed by atoms with Crippen molar-refractivity contribution in [3.8, 4) is 11.5 Å². The van der Waals surface area contributed by atoms with Crippen LogP contribution in [-0.2, 0) is 4.74 Å². The van der Waals surface area contributed by atoms with Crippen LogP contribution in [0.5, 0.6) is 0 Å². The third-order valence-electron chi connectivity index (χ3n) is 4.06. The van der Waals surface area contributed by atoms with Gasteiger partial charge in [-0.05, 0) is 30.9 Å². The fourth-order valence-corrected chi connectivity index (χ4v) is 2.99. The van der Waals surface area contributed by atoms with E-state index >= 15 is 0 Å². The van der Waals surface area contributed by atoms with Crippen molar-refractivity contribution in [3.05, 3.63) is 24.2 Å². The van der Waals surface area contributed by atoms with Gasteiger partial charge in [0.15, 0.2) is 0 Å². The zero-order valence-electron chi connectivity index (χ0n) is 12.2. The standard InChI is InChI=1S/C15H20N4O2/c1-20-13(10-5-3-2-4-6-10)14-18-15(21-19-14)11-7-8-17-12(16)9-11/h7-10,13H,2-6H2,1H3,(H2,16,17). The average molecular weight is 288 g/mol. The van der Waals surface area contributed by atoms with Gasteiger partial charge in [-0.3, -0.25) is 0 Å². The minimum Gasteiger partial charge on any atom is -0.384 e. The van der Waals surface area contributed by atoms with E-state index in [0.717, 1.165) is 18.4 Å². The van der Waals surface area contributed by atoms with Crippen LogP contribution in [0.4, 0.5) is 5.82 Å². The molecule has 2 aromatic rings. The molecule has 1 aliphatic rings. The Labute approximate surface area is 123 Å². The van der Waals surface area contributed by atoms with Crippen molar-refractivity contribution in [2.24, 2.45) is 5.92 Å². The quantitative estimate of drug-likeness (QED) is 0.930. The maximum Gasteiger partial charge on any atom is 0.258 e. The molecule has 0 amide bonds. The molecular weight excluding hydrogens is 268 g/mol. The molecule has 1 atom stereocenters.